The average molecular weight is 449 g/mol. The minimum atomic E-state index is 0.0667. The first-order chi connectivity index (χ1) is 15.2. The Labute approximate surface area is 190 Å². The molecule has 0 atom stereocenters. The third-order valence-electron chi connectivity index (χ3n) is 5.30. The molecule has 31 heavy (non-hydrogen) atoms. The molecule has 5 nitrogen and oxygen atoms in total. The van der Waals surface area contributed by atoms with Crippen LogP contribution in [0.2, 0.25) is 5.02 Å². The molecule has 7 heteroatoms. The first-order valence-electron chi connectivity index (χ1n) is 10.2. The van der Waals surface area contributed by atoms with E-state index in [0.29, 0.717) is 16.5 Å². The number of anilines is 2. The largest absolute Gasteiger partial charge is 0.337 e. The SMILES string of the molecule is O=C(c1ccc2c(c1)nc(Nc1ccccc1)n2-c1cccc(Cl)c1)N1CCSCC1. The summed E-state index contributed by atoms with van der Waals surface area (Å²) in [4.78, 5) is 19.8. The third-order valence-corrected chi connectivity index (χ3v) is 6.47. The minimum Gasteiger partial charge on any atom is -0.337 e. The first kappa shape index (κ1) is 20.0. The van der Waals surface area contributed by atoms with Gasteiger partial charge in [0, 0.05) is 40.9 Å². The van der Waals surface area contributed by atoms with E-state index in [1.807, 2.05) is 94.0 Å². The first-order valence-corrected chi connectivity index (χ1v) is 11.7. The molecule has 0 spiro atoms. The van der Waals surface area contributed by atoms with Crippen LogP contribution < -0.4 is 5.32 Å². The number of hydrogen-bond donors (Lipinski definition) is 1. The number of fused-ring (bicyclic) bond motifs is 1. The summed E-state index contributed by atoms with van der Waals surface area (Å²) in [5.74, 6) is 2.71. The van der Waals surface area contributed by atoms with Gasteiger partial charge in [0.2, 0.25) is 5.95 Å². The van der Waals surface area contributed by atoms with E-state index in [1.54, 1.807) is 0 Å². The van der Waals surface area contributed by atoms with Crippen molar-refractivity contribution < 1.29 is 4.79 Å². The zero-order valence-corrected chi connectivity index (χ0v) is 18.4. The van der Waals surface area contributed by atoms with Crippen LogP contribution >= 0.6 is 23.4 Å². The Morgan fingerprint density at radius 1 is 0.968 bits per heavy atom. The average Bonchev–Trinajstić information content (AvgIpc) is 3.16. The fourth-order valence-corrected chi connectivity index (χ4v) is 4.86. The lowest BCUT2D eigenvalue weighted by Crippen LogP contribution is -2.37. The Hall–Kier alpha value is -2.96. The number of para-hydroxylation sites is 1. The number of thioether (sulfide) groups is 1. The number of halogens is 1. The predicted molar refractivity (Wildman–Crippen MR) is 129 cm³/mol. The number of carbonyl (C=O) groups excluding carboxylic acids is 1. The lowest BCUT2D eigenvalue weighted by atomic mass is 10.1. The molecule has 1 amide bonds. The molecule has 156 valence electrons. The van der Waals surface area contributed by atoms with Crippen molar-refractivity contribution in [2.24, 2.45) is 0 Å². The van der Waals surface area contributed by atoms with E-state index in [1.165, 1.54) is 0 Å². The van der Waals surface area contributed by atoms with Crippen molar-refractivity contribution in [1.29, 1.82) is 0 Å². The molecule has 1 aliphatic heterocycles. The number of hydrogen-bond acceptors (Lipinski definition) is 4. The number of nitrogens with zero attached hydrogens (tertiary/aromatic N) is 3. The molecule has 5 rings (SSSR count). The quantitative estimate of drug-likeness (QED) is 0.440. The molecule has 0 bridgehead atoms. The number of nitrogens with one attached hydrogen (secondary N) is 1. The molecule has 2 heterocycles. The normalized spacial score (nSPS) is 14.0. The van der Waals surface area contributed by atoms with Crippen LogP contribution in [0, 0.1) is 0 Å². The van der Waals surface area contributed by atoms with Gasteiger partial charge in [0.1, 0.15) is 0 Å². The van der Waals surface area contributed by atoms with Gasteiger partial charge >= 0.3 is 0 Å². The number of benzene rings is 3. The maximum atomic E-state index is 13.0. The molecule has 0 radical (unpaired) electrons. The summed E-state index contributed by atoms with van der Waals surface area (Å²) in [6, 6.07) is 23.3. The molecule has 0 saturated carbocycles. The Morgan fingerprint density at radius 2 is 1.77 bits per heavy atom. The van der Waals surface area contributed by atoms with E-state index >= 15 is 0 Å². The van der Waals surface area contributed by atoms with Crippen LogP contribution in [-0.2, 0) is 0 Å². The van der Waals surface area contributed by atoms with E-state index in [4.69, 9.17) is 16.6 Å². The van der Waals surface area contributed by atoms with Gasteiger partial charge in [0.25, 0.3) is 5.91 Å². The number of amides is 1. The van der Waals surface area contributed by atoms with Crippen LogP contribution in [-0.4, -0.2) is 45.0 Å². The summed E-state index contributed by atoms with van der Waals surface area (Å²) in [5.41, 5.74) is 4.17. The molecule has 1 fully saturated rings. The van der Waals surface area contributed by atoms with E-state index in [-0.39, 0.29) is 5.91 Å². The second-order valence-corrected chi connectivity index (χ2v) is 9.01. The Bertz CT molecular complexity index is 1240. The fourth-order valence-electron chi connectivity index (χ4n) is 3.77. The molecular formula is C24H21ClN4OS. The van der Waals surface area contributed by atoms with Crippen molar-refractivity contribution in [2.75, 3.05) is 29.9 Å². The lowest BCUT2D eigenvalue weighted by molar-refractivity contribution is 0.0772. The highest BCUT2D eigenvalue weighted by Crippen LogP contribution is 2.29. The fraction of sp³-hybridized carbons (Fsp3) is 0.167. The maximum absolute atomic E-state index is 13.0. The Kier molecular flexibility index (Phi) is 5.57. The van der Waals surface area contributed by atoms with Crippen molar-refractivity contribution in [1.82, 2.24) is 14.5 Å². The molecule has 3 aromatic carbocycles. The molecule has 1 aliphatic rings. The van der Waals surface area contributed by atoms with Crippen LogP contribution in [0.15, 0.2) is 72.8 Å². The number of imidazole rings is 1. The zero-order valence-electron chi connectivity index (χ0n) is 16.8. The highest BCUT2D eigenvalue weighted by molar-refractivity contribution is 7.99. The summed E-state index contributed by atoms with van der Waals surface area (Å²) in [6.07, 6.45) is 0. The highest BCUT2D eigenvalue weighted by Gasteiger charge is 2.20. The molecule has 0 aliphatic carbocycles. The molecule has 4 aromatic rings. The molecular weight excluding hydrogens is 428 g/mol. The van der Waals surface area contributed by atoms with Crippen molar-refractivity contribution in [2.45, 2.75) is 0 Å². The third kappa shape index (κ3) is 4.13. The number of aromatic nitrogens is 2. The van der Waals surface area contributed by atoms with Gasteiger partial charge in [0.05, 0.1) is 16.7 Å². The predicted octanol–water partition coefficient (Wildman–Crippen LogP) is 5.61. The van der Waals surface area contributed by atoms with E-state index in [9.17, 15) is 4.79 Å². The lowest BCUT2D eigenvalue weighted by Gasteiger charge is -2.26. The van der Waals surface area contributed by atoms with E-state index in [2.05, 4.69) is 5.32 Å². The molecule has 1 N–H and O–H groups in total. The summed E-state index contributed by atoms with van der Waals surface area (Å²) in [5, 5.41) is 4.06. The van der Waals surface area contributed by atoms with Crippen LogP contribution in [0.1, 0.15) is 10.4 Å². The van der Waals surface area contributed by atoms with Gasteiger partial charge in [-0.2, -0.15) is 11.8 Å². The van der Waals surface area contributed by atoms with Crippen LogP contribution in [0.4, 0.5) is 11.6 Å². The van der Waals surface area contributed by atoms with Gasteiger partial charge < -0.3 is 10.2 Å². The Balaban J connectivity index is 1.60. The van der Waals surface area contributed by atoms with Gasteiger partial charge in [-0.1, -0.05) is 35.9 Å². The van der Waals surface area contributed by atoms with Crippen LogP contribution in [0.5, 0.6) is 0 Å². The van der Waals surface area contributed by atoms with E-state index in [0.717, 1.165) is 47.0 Å². The zero-order chi connectivity index (χ0) is 21.2. The Morgan fingerprint density at radius 3 is 2.55 bits per heavy atom. The second-order valence-electron chi connectivity index (χ2n) is 7.35. The van der Waals surface area contributed by atoms with Gasteiger partial charge in [-0.15, -0.1) is 0 Å². The topological polar surface area (TPSA) is 50.2 Å². The minimum absolute atomic E-state index is 0.0667. The summed E-state index contributed by atoms with van der Waals surface area (Å²) < 4.78 is 2.03. The summed E-state index contributed by atoms with van der Waals surface area (Å²) in [7, 11) is 0. The van der Waals surface area contributed by atoms with Gasteiger partial charge in [-0.3, -0.25) is 9.36 Å². The molecule has 1 aromatic heterocycles. The van der Waals surface area contributed by atoms with Crippen molar-refractivity contribution in [3.63, 3.8) is 0 Å². The van der Waals surface area contributed by atoms with Crippen LogP contribution in [0.25, 0.3) is 16.7 Å². The van der Waals surface area contributed by atoms with Crippen molar-refractivity contribution in [3.8, 4) is 5.69 Å². The molecule has 1 saturated heterocycles. The van der Waals surface area contributed by atoms with Gasteiger partial charge in [-0.25, -0.2) is 4.98 Å². The monoisotopic (exact) mass is 448 g/mol. The smallest absolute Gasteiger partial charge is 0.253 e. The van der Waals surface area contributed by atoms with Gasteiger partial charge in [-0.05, 0) is 48.5 Å². The standard InChI is InChI=1S/C24H21ClN4OS/c25-18-5-4-8-20(16-18)29-22-10-9-17(23(30)28-11-13-31-14-12-28)15-21(22)27-24(29)26-19-6-2-1-3-7-19/h1-10,15-16H,11-14H2,(H,26,27). The maximum Gasteiger partial charge on any atom is 0.253 e. The summed E-state index contributed by atoms with van der Waals surface area (Å²) >= 11 is 8.16. The molecule has 0 unspecified atom stereocenters. The van der Waals surface area contributed by atoms with Crippen LogP contribution in [0.3, 0.4) is 0 Å². The highest BCUT2D eigenvalue weighted by atomic mass is 35.5. The number of carbonyl (C=O) groups is 1. The summed E-state index contributed by atoms with van der Waals surface area (Å²) in [6.45, 7) is 1.58. The second kappa shape index (κ2) is 8.65. The van der Waals surface area contributed by atoms with E-state index < -0.39 is 0 Å². The number of rotatable bonds is 4. The van der Waals surface area contributed by atoms with Crippen molar-refractivity contribution in [3.05, 3.63) is 83.4 Å². The van der Waals surface area contributed by atoms with Gasteiger partial charge in [0.15, 0.2) is 0 Å². The van der Waals surface area contributed by atoms with Crippen molar-refractivity contribution >= 4 is 51.9 Å².